The maximum absolute atomic E-state index is 13.9. The van der Waals surface area contributed by atoms with E-state index in [1.165, 1.54) is 4.90 Å². The molecule has 0 unspecified atom stereocenters. The number of halogens is 3. The van der Waals surface area contributed by atoms with Gasteiger partial charge in [0, 0.05) is 19.0 Å². The van der Waals surface area contributed by atoms with Crippen molar-refractivity contribution >= 4 is 33.4 Å². The number of amides is 1. The van der Waals surface area contributed by atoms with Gasteiger partial charge in [0.05, 0.1) is 24.3 Å². The Labute approximate surface area is 171 Å². The molecule has 0 bridgehead atoms. The number of nitrogens with zero attached hydrogens (tertiary/aromatic N) is 2. The second-order valence-electron chi connectivity index (χ2n) is 6.62. The monoisotopic (exact) mass is 430 g/mol. The average Bonchev–Trinajstić information content (AvgIpc) is 3.11. The Bertz CT molecular complexity index is 857. The molecule has 29 heavy (non-hydrogen) atoms. The summed E-state index contributed by atoms with van der Waals surface area (Å²) in [6.45, 7) is 4.50. The Morgan fingerprint density at radius 3 is 2.55 bits per heavy atom. The van der Waals surface area contributed by atoms with Crippen LogP contribution in [0.1, 0.15) is 57.4 Å². The van der Waals surface area contributed by atoms with E-state index in [4.69, 9.17) is 4.74 Å². The fraction of sp³-hybridized carbons (Fsp3) is 0.550. The van der Waals surface area contributed by atoms with Crippen LogP contribution in [0.15, 0.2) is 6.07 Å². The van der Waals surface area contributed by atoms with Gasteiger partial charge in [0.25, 0.3) is 0 Å². The minimum atomic E-state index is -1.30. The summed E-state index contributed by atoms with van der Waals surface area (Å²) in [4.78, 5) is 29.7. The first kappa shape index (κ1) is 23.1. The van der Waals surface area contributed by atoms with Crippen molar-refractivity contribution in [2.45, 2.75) is 58.9 Å². The van der Waals surface area contributed by atoms with E-state index in [2.05, 4.69) is 11.9 Å². The highest BCUT2D eigenvalue weighted by atomic mass is 32.1. The number of esters is 1. The number of carbonyl (C=O) groups excluding carboxylic acids is 2. The van der Waals surface area contributed by atoms with Gasteiger partial charge in [0.2, 0.25) is 5.91 Å². The zero-order chi connectivity index (χ0) is 21.4. The minimum absolute atomic E-state index is 0.0190. The van der Waals surface area contributed by atoms with Gasteiger partial charge in [-0.2, -0.15) is 0 Å². The number of aromatic nitrogens is 1. The molecule has 0 N–H and O–H groups in total. The summed E-state index contributed by atoms with van der Waals surface area (Å²) in [6, 6.07) is 0.493. The Kier molecular flexibility index (Phi) is 8.88. The predicted molar refractivity (Wildman–Crippen MR) is 105 cm³/mol. The molecule has 0 spiro atoms. The van der Waals surface area contributed by atoms with E-state index in [1.807, 2.05) is 0 Å². The average molecular weight is 430 g/mol. The van der Waals surface area contributed by atoms with Crippen molar-refractivity contribution in [2.75, 3.05) is 13.2 Å². The largest absolute Gasteiger partial charge is 0.466 e. The van der Waals surface area contributed by atoms with Gasteiger partial charge < -0.3 is 9.64 Å². The van der Waals surface area contributed by atoms with Crippen molar-refractivity contribution in [2.24, 2.45) is 0 Å². The molecule has 1 amide bonds. The third-order valence-corrected chi connectivity index (χ3v) is 5.42. The number of rotatable bonds is 11. The van der Waals surface area contributed by atoms with Gasteiger partial charge in [-0.25, -0.2) is 18.2 Å². The fourth-order valence-electron chi connectivity index (χ4n) is 2.88. The molecule has 160 valence electrons. The van der Waals surface area contributed by atoms with Crippen LogP contribution < -0.4 is 0 Å². The third kappa shape index (κ3) is 6.42. The minimum Gasteiger partial charge on any atom is -0.466 e. The van der Waals surface area contributed by atoms with Crippen molar-refractivity contribution in [3.63, 3.8) is 0 Å². The molecule has 5 nitrogen and oxygen atoms in total. The highest BCUT2D eigenvalue weighted by Crippen LogP contribution is 2.29. The normalized spacial score (nSPS) is 11.1. The summed E-state index contributed by atoms with van der Waals surface area (Å²) in [5.41, 5.74) is -0.368. The van der Waals surface area contributed by atoms with E-state index in [9.17, 15) is 22.8 Å². The van der Waals surface area contributed by atoms with Crippen LogP contribution >= 0.6 is 11.3 Å². The van der Waals surface area contributed by atoms with Gasteiger partial charge >= 0.3 is 5.97 Å². The Hall–Kier alpha value is -2.16. The first-order chi connectivity index (χ1) is 13.9. The summed E-state index contributed by atoms with van der Waals surface area (Å²) in [5.74, 6) is -4.10. The van der Waals surface area contributed by atoms with Crippen LogP contribution in [0.3, 0.4) is 0 Å². The molecule has 0 saturated carbocycles. The standard InChI is InChI=1S/C20H25F3N2O3S/c1-3-5-6-7-10-25(16(26)8-9-17(27)28-4-2)12-15-24-19-18(23)13(21)11-14(22)20(19)29-15/h11H,3-10,12H2,1-2H3. The van der Waals surface area contributed by atoms with Crippen LogP contribution in [-0.2, 0) is 20.9 Å². The lowest BCUT2D eigenvalue weighted by Gasteiger charge is -2.21. The number of benzene rings is 1. The number of unbranched alkanes of at least 4 members (excludes halogenated alkanes) is 3. The summed E-state index contributed by atoms with van der Waals surface area (Å²) >= 11 is 0.890. The van der Waals surface area contributed by atoms with Gasteiger partial charge in [0.1, 0.15) is 16.3 Å². The van der Waals surface area contributed by atoms with E-state index < -0.39 is 23.4 Å². The van der Waals surface area contributed by atoms with E-state index in [0.717, 1.165) is 37.0 Å². The number of ether oxygens (including phenoxy) is 1. The number of hydrogen-bond donors (Lipinski definition) is 0. The molecule has 0 aliphatic carbocycles. The molecular formula is C20H25F3N2O3S. The second kappa shape index (κ2) is 11.1. The van der Waals surface area contributed by atoms with Gasteiger partial charge in [-0.15, -0.1) is 11.3 Å². The molecule has 2 rings (SSSR count). The molecule has 0 aliphatic rings. The quantitative estimate of drug-likeness (QED) is 0.287. The third-order valence-electron chi connectivity index (χ3n) is 4.37. The topological polar surface area (TPSA) is 59.5 Å². The Morgan fingerprint density at radius 1 is 1.10 bits per heavy atom. The summed E-state index contributed by atoms with van der Waals surface area (Å²) in [7, 11) is 0. The lowest BCUT2D eigenvalue weighted by atomic mass is 10.2. The van der Waals surface area contributed by atoms with Crippen molar-refractivity contribution in [1.29, 1.82) is 0 Å². The molecule has 2 aromatic rings. The predicted octanol–water partition coefficient (Wildman–Crippen LogP) is 4.97. The molecule has 1 aromatic heterocycles. The molecule has 9 heteroatoms. The highest BCUT2D eigenvalue weighted by Gasteiger charge is 2.21. The van der Waals surface area contributed by atoms with Gasteiger partial charge in [-0.3, -0.25) is 9.59 Å². The first-order valence-corrected chi connectivity index (χ1v) is 10.5. The van der Waals surface area contributed by atoms with Gasteiger partial charge in [-0.05, 0) is 13.3 Å². The van der Waals surface area contributed by atoms with Gasteiger partial charge in [-0.1, -0.05) is 26.2 Å². The smallest absolute Gasteiger partial charge is 0.306 e. The second-order valence-corrected chi connectivity index (χ2v) is 7.70. The summed E-state index contributed by atoms with van der Waals surface area (Å²) in [6.07, 6.45) is 3.72. The van der Waals surface area contributed by atoms with Crippen LogP contribution in [0.2, 0.25) is 0 Å². The number of carbonyl (C=O) groups is 2. The van der Waals surface area contributed by atoms with Crippen LogP contribution in [0, 0.1) is 17.5 Å². The molecule has 1 heterocycles. The molecule has 0 atom stereocenters. The molecule has 0 saturated heterocycles. The maximum Gasteiger partial charge on any atom is 0.306 e. The Balaban J connectivity index is 2.14. The van der Waals surface area contributed by atoms with E-state index in [0.29, 0.717) is 17.6 Å². The molecule has 1 aromatic carbocycles. The van der Waals surface area contributed by atoms with Crippen LogP contribution in [0.4, 0.5) is 13.2 Å². The van der Waals surface area contributed by atoms with Crippen LogP contribution in [0.5, 0.6) is 0 Å². The zero-order valence-corrected chi connectivity index (χ0v) is 17.4. The number of fused-ring (bicyclic) bond motifs is 1. The summed E-state index contributed by atoms with van der Waals surface area (Å²) in [5, 5.41) is 0.309. The lowest BCUT2D eigenvalue weighted by Crippen LogP contribution is -2.32. The Morgan fingerprint density at radius 2 is 1.86 bits per heavy atom. The van der Waals surface area contributed by atoms with Crippen LogP contribution in [0.25, 0.3) is 10.2 Å². The van der Waals surface area contributed by atoms with E-state index >= 15 is 0 Å². The lowest BCUT2D eigenvalue weighted by molar-refractivity contribution is -0.145. The molecule has 0 aliphatic heterocycles. The van der Waals surface area contributed by atoms with Crippen molar-refractivity contribution in [1.82, 2.24) is 9.88 Å². The van der Waals surface area contributed by atoms with Crippen molar-refractivity contribution in [3.8, 4) is 0 Å². The molecule has 0 radical (unpaired) electrons. The fourth-order valence-corrected chi connectivity index (χ4v) is 3.86. The van der Waals surface area contributed by atoms with Crippen molar-refractivity contribution < 1.29 is 27.5 Å². The molecule has 0 fully saturated rings. The van der Waals surface area contributed by atoms with Crippen molar-refractivity contribution in [3.05, 3.63) is 28.5 Å². The molecular weight excluding hydrogens is 405 g/mol. The van der Waals surface area contributed by atoms with Crippen LogP contribution in [-0.4, -0.2) is 34.9 Å². The van der Waals surface area contributed by atoms with E-state index in [1.54, 1.807) is 6.92 Å². The van der Waals surface area contributed by atoms with E-state index in [-0.39, 0.29) is 42.1 Å². The first-order valence-electron chi connectivity index (χ1n) is 9.73. The maximum atomic E-state index is 13.9. The number of thiazole rings is 1. The zero-order valence-electron chi connectivity index (χ0n) is 16.6. The van der Waals surface area contributed by atoms with Gasteiger partial charge in [0.15, 0.2) is 11.6 Å². The number of hydrogen-bond acceptors (Lipinski definition) is 5. The highest BCUT2D eigenvalue weighted by molar-refractivity contribution is 7.18. The SMILES string of the molecule is CCCCCCN(Cc1nc2c(F)c(F)cc(F)c2s1)C(=O)CCC(=O)OCC. The summed E-state index contributed by atoms with van der Waals surface area (Å²) < 4.78 is 46.1.